The number of fused-ring (bicyclic) bond motifs is 4. The first-order valence-corrected chi connectivity index (χ1v) is 12.0. The summed E-state index contributed by atoms with van der Waals surface area (Å²) in [7, 11) is 0. The van der Waals surface area contributed by atoms with E-state index in [4.69, 9.17) is 4.42 Å². The molecular weight excluding hydrogens is 430 g/mol. The van der Waals surface area contributed by atoms with Gasteiger partial charge in [0.2, 0.25) is 0 Å². The number of benzene rings is 2. The number of phenolic OH excluding ortho intramolecular Hbond substituents is 1. The van der Waals surface area contributed by atoms with E-state index >= 15 is 0 Å². The molecule has 1 fully saturated rings. The molecule has 7 heteroatoms. The average Bonchev–Trinajstić information content (AvgIpc) is 3.34. The molecule has 1 saturated carbocycles. The summed E-state index contributed by atoms with van der Waals surface area (Å²) in [6, 6.07) is 10.3. The number of H-pyrrole nitrogens is 2. The molecule has 0 unspecified atom stereocenters. The lowest BCUT2D eigenvalue weighted by Gasteiger charge is -2.21. The van der Waals surface area contributed by atoms with E-state index in [1.807, 2.05) is 4.68 Å². The third kappa shape index (κ3) is 3.18. The Morgan fingerprint density at radius 1 is 0.941 bits per heavy atom. The van der Waals surface area contributed by atoms with Crippen molar-refractivity contribution in [2.45, 2.75) is 57.9 Å². The summed E-state index contributed by atoms with van der Waals surface area (Å²) in [6.45, 7) is 1.76. The first kappa shape index (κ1) is 20.8. The number of hydrogen-bond acceptors (Lipinski definition) is 4. The summed E-state index contributed by atoms with van der Waals surface area (Å²) in [4.78, 5) is 29.2. The Morgan fingerprint density at radius 2 is 1.65 bits per heavy atom. The molecule has 0 bridgehead atoms. The Morgan fingerprint density at radius 3 is 2.38 bits per heavy atom. The van der Waals surface area contributed by atoms with E-state index in [0.29, 0.717) is 27.7 Å². The van der Waals surface area contributed by atoms with Crippen LogP contribution < -0.4 is 11.0 Å². The van der Waals surface area contributed by atoms with Crippen LogP contribution in [-0.4, -0.2) is 19.9 Å². The average molecular weight is 458 g/mol. The van der Waals surface area contributed by atoms with Crippen LogP contribution in [-0.2, 0) is 0 Å². The van der Waals surface area contributed by atoms with Crippen LogP contribution in [0.25, 0.3) is 44.2 Å². The van der Waals surface area contributed by atoms with E-state index in [-0.39, 0.29) is 22.8 Å². The number of aromatic hydroxyl groups is 1. The second kappa shape index (κ2) is 7.94. The lowest BCUT2D eigenvalue weighted by Crippen LogP contribution is -2.15. The predicted molar refractivity (Wildman–Crippen MR) is 134 cm³/mol. The highest BCUT2D eigenvalue weighted by atomic mass is 16.3. The van der Waals surface area contributed by atoms with Crippen LogP contribution in [0.2, 0.25) is 0 Å². The zero-order valence-electron chi connectivity index (χ0n) is 19.1. The molecule has 0 spiro atoms. The topological polar surface area (TPSA) is 104 Å². The molecule has 0 saturated heterocycles. The minimum atomic E-state index is -0.181. The number of nitrogens with zero attached hydrogens (tertiary/aromatic N) is 1. The maximum absolute atomic E-state index is 13.4. The van der Waals surface area contributed by atoms with Gasteiger partial charge >= 0.3 is 0 Å². The Kier molecular flexibility index (Phi) is 4.86. The summed E-state index contributed by atoms with van der Waals surface area (Å²) in [6.07, 6.45) is 8.02. The van der Waals surface area contributed by atoms with Crippen LogP contribution in [0.3, 0.4) is 0 Å². The summed E-state index contributed by atoms with van der Waals surface area (Å²) in [5.41, 5.74) is 4.26. The molecule has 0 amide bonds. The molecule has 1 aliphatic carbocycles. The molecule has 34 heavy (non-hydrogen) atoms. The number of rotatable bonds is 2. The number of aromatic amines is 2. The van der Waals surface area contributed by atoms with E-state index in [1.54, 1.807) is 43.3 Å². The van der Waals surface area contributed by atoms with Crippen LogP contribution in [0.1, 0.15) is 56.6 Å². The summed E-state index contributed by atoms with van der Waals surface area (Å²) in [5, 5.41) is 14.3. The Balaban J connectivity index is 1.73. The largest absolute Gasteiger partial charge is 0.508 e. The van der Waals surface area contributed by atoms with E-state index in [2.05, 4.69) is 10.1 Å². The fourth-order valence-corrected chi connectivity index (χ4v) is 5.48. The lowest BCUT2D eigenvalue weighted by molar-refractivity contribution is 0.353. The van der Waals surface area contributed by atoms with Crippen molar-refractivity contribution in [1.82, 2.24) is 14.8 Å². The number of hydrogen-bond donors (Lipinski definition) is 3. The Hall–Kier alpha value is -3.74. The van der Waals surface area contributed by atoms with Crippen molar-refractivity contribution in [1.29, 1.82) is 0 Å². The number of furan rings is 1. The Bertz CT molecular complexity index is 1640. The van der Waals surface area contributed by atoms with Crippen molar-refractivity contribution >= 4 is 33.1 Å². The van der Waals surface area contributed by atoms with Crippen LogP contribution in [0, 0.1) is 6.92 Å². The number of aromatic nitrogens is 3. The maximum Gasteiger partial charge on any atom is 0.274 e. The lowest BCUT2D eigenvalue weighted by atomic mass is 9.96. The highest BCUT2D eigenvalue weighted by Crippen LogP contribution is 2.40. The second-order valence-electron chi connectivity index (χ2n) is 9.45. The molecule has 6 rings (SSSR count). The number of aryl methyl sites for hydroxylation is 1. The van der Waals surface area contributed by atoms with Gasteiger partial charge in [0.15, 0.2) is 11.0 Å². The third-order valence-corrected chi connectivity index (χ3v) is 7.30. The molecular formula is C27H27N3O4. The molecule has 0 aliphatic heterocycles. The predicted octanol–water partition coefficient (Wildman–Crippen LogP) is 5.88. The molecule has 1 aliphatic rings. The summed E-state index contributed by atoms with van der Waals surface area (Å²) < 4.78 is 8.29. The van der Waals surface area contributed by atoms with Gasteiger partial charge in [0.1, 0.15) is 17.0 Å². The number of nitrogens with one attached hydrogen (secondary N) is 2. The fraction of sp³-hybridized carbons (Fsp3) is 0.333. The normalized spacial score (nSPS) is 15.8. The smallest absolute Gasteiger partial charge is 0.274 e. The van der Waals surface area contributed by atoms with Gasteiger partial charge in [-0.15, -0.1) is 0 Å². The van der Waals surface area contributed by atoms with Gasteiger partial charge in [0, 0.05) is 16.5 Å². The van der Waals surface area contributed by atoms with Crippen molar-refractivity contribution in [2.75, 3.05) is 0 Å². The molecule has 174 valence electrons. The third-order valence-electron chi connectivity index (χ3n) is 7.30. The maximum atomic E-state index is 13.4. The zero-order valence-corrected chi connectivity index (χ0v) is 19.1. The molecule has 3 aromatic heterocycles. The summed E-state index contributed by atoms with van der Waals surface area (Å²) in [5.74, 6) is 0.149. The molecule has 3 N–H and O–H groups in total. The van der Waals surface area contributed by atoms with E-state index < -0.39 is 0 Å². The number of phenols is 1. The van der Waals surface area contributed by atoms with Gasteiger partial charge in [-0.25, -0.2) is 0 Å². The van der Waals surface area contributed by atoms with Gasteiger partial charge in [-0.1, -0.05) is 44.2 Å². The first-order chi connectivity index (χ1) is 16.5. The monoisotopic (exact) mass is 457 g/mol. The van der Waals surface area contributed by atoms with E-state index in [1.165, 1.54) is 19.3 Å². The van der Waals surface area contributed by atoms with Crippen molar-refractivity contribution in [2.24, 2.45) is 0 Å². The number of pyridine rings is 1. The van der Waals surface area contributed by atoms with Crippen molar-refractivity contribution in [3.05, 3.63) is 62.5 Å². The highest BCUT2D eigenvalue weighted by Gasteiger charge is 2.25. The van der Waals surface area contributed by atoms with Gasteiger partial charge in [-0.05, 0) is 49.6 Å². The van der Waals surface area contributed by atoms with Crippen molar-refractivity contribution < 1.29 is 9.52 Å². The van der Waals surface area contributed by atoms with Crippen molar-refractivity contribution in [3.8, 4) is 16.9 Å². The van der Waals surface area contributed by atoms with Gasteiger partial charge < -0.3 is 14.5 Å². The minimum absolute atomic E-state index is 0.0841. The molecule has 5 aromatic rings. The fourth-order valence-electron chi connectivity index (χ4n) is 5.48. The molecule has 7 nitrogen and oxygen atoms in total. The molecule has 3 heterocycles. The van der Waals surface area contributed by atoms with Crippen LogP contribution in [0.5, 0.6) is 5.75 Å². The van der Waals surface area contributed by atoms with Gasteiger partial charge in [-0.2, -0.15) is 0 Å². The van der Waals surface area contributed by atoms with Gasteiger partial charge in [0.25, 0.3) is 5.56 Å². The van der Waals surface area contributed by atoms with Gasteiger partial charge in [0.05, 0.1) is 16.9 Å². The first-order valence-electron chi connectivity index (χ1n) is 12.0. The van der Waals surface area contributed by atoms with Crippen LogP contribution >= 0.6 is 0 Å². The standard InChI is InChI=1S/C27H27N3O4/c1-15-20(32)14-13-19-23-25(34-24(15)19)21(16-9-11-18(31)12-10-16)22-26(28-23)30(29-27(22)33)17-7-5-3-2-4-6-8-17/h9-14,17,28,31H,2-8H2,1H3,(H,29,33). The molecule has 0 radical (unpaired) electrons. The second-order valence-corrected chi connectivity index (χ2v) is 9.45. The molecule has 2 aromatic carbocycles. The summed E-state index contributed by atoms with van der Waals surface area (Å²) >= 11 is 0. The van der Waals surface area contributed by atoms with Crippen molar-refractivity contribution in [3.63, 3.8) is 0 Å². The Labute approximate surface area is 195 Å². The zero-order chi connectivity index (χ0) is 23.4. The van der Waals surface area contributed by atoms with Gasteiger partial charge in [-0.3, -0.25) is 19.4 Å². The van der Waals surface area contributed by atoms with E-state index in [9.17, 15) is 14.7 Å². The molecule has 0 atom stereocenters. The van der Waals surface area contributed by atoms with E-state index in [0.717, 1.165) is 47.8 Å². The SMILES string of the molecule is Cc1c(=O)ccc2c1oc1c(-c3ccc(O)cc3)c3c(=O)[nH]n(C4CCCCCCC4)c3[nH]c12. The quantitative estimate of drug-likeness (QED) is 0.308. The van der Waals surface area contributed by atoms with Crippen LogP contribution in [0.4, 0.5) is 0 Å². The highest BCUT2D eigenvalue weighted by molar-refractivity contribution is 6.14. The minimum Gasteiger partial charge on any atom is -0.508 e. The van der Waals surface area contributed by atoms with Crippen LogP contribution in [0.15, 0.2) is 50.4 Å².